The summed E-state index contributed by atoms with van der Waals surface area (Å²) in [5.41, 5.74) is 0.442. The van der Waals surface area contributed by atoms with E-state index in [0.29, 0.717) is 16.9 Å². The zero-order chi connectivity index (χ0) is 13.9. The third-order valence-corrected chi connectivity index (χ3v) is 2.37. The topological polar surface area (TPSA) is 94.8 Å². The summed E-state index contributed by atoms with van der Waals surface area (Å²) in [5, 5.41) is 18.9. The Morgan fingerprint density at radius 1 is 1.53 bits per heavy atom. The minimum absolute atomic E-state index is 0.117. The third-order valence-electron chi connectivity index (χ3n) is 2.37. The number of allylic oxidation sites excluding steroid dienone is 1. The van der Waals surface area contributed by atoms with Gasteiger partial charge in [-0.1, -0.05) is 0 Å². The maximum absolute atomic E-state index is 9.68. The van der Waals surface area contributed by atoms with E-state index < -0.39 is 5.60 Å². The van der Waals surface area contributed by atoms with Crippen LogP contribution in [0.1, 0.15) is 19.4 Å². The van der Waals surface area contributed by atoms with Crippen molar-refractivity contribution in [3.05, 3.63) is 24.2 Å². The molecule has 0 fully saturated rings. The van der Waals surface area contributed by atoms with E-state index in [0.717, 1.165) is 5.56 Å². The lowest BCUT2D eigenvalue weighted by molar-refractivity contribution is 0.0274. The number of fused-ring (bicyclic) bond motifs is 1. The van der Waals surface area contributed by atoms with Crippen molar-refractivity contribution in [3.8, 4) is 11.9 Å². The average Bonchev–Trinajstić information content (AvgIpc) is 2.76. The molecule has 0 amide bonds. The first-order valence-electron chi connectivity index (χ1n) is 5.75. The van der Waals surface area contributed by atoms with Gasteiger partial charge in [-0.25, -0.2) is 9.97 Å². The van der Waals surface area contributed by atoms with Crippen LogP contribution in [0.25, 0.3) is 17.1 Å². The van der Waals surface area contributed by atoms with E-state index in [1.165, 1.54) is 12.4 Å². The number of nitrogens with zero attached hydrogens (tertiary/aromatic N) is 3. The highest BCUT2D eigenvalue weighted by atomic mass is 16.5. The molecule has 2 N–H and O–H groups in total. The Morgan fingerprint density at radius 2 is 2.32 bits per heavy atom. The molecule has 2 rings (SSSR count). The molecule has 0 unspecified atom stereocenters. The van der Waals surface area contributed by atoms with Crippen molar-refractivity contribution in [2.75, 3.05) is 6.61 Å². The number of aliphatic hydroxyl groups is 1. The molecule has 2 heterocycles. The van der Waals surface area contributed by atoms with Gasteiger partial charge in [0.1, 0.15) is 18.6 Å². The molecule has 2 aromatic rings. The predicted molar refractivity (Wildman–Crippen MR) is 70.3 cm³/mol. The molecule has 0 aromatic carbocycles. The Bertz CT molecular complexity index is 647. The highest BCUT2D eigenvalue weighted by Gasteiger charge is 2.16. The molecule has 0 saturated carbocycles. The van der Waals surface area contributed by atoms with Crippen molar-refractivity contribution < 1.29 is 9.84 Å². The first kappa shape index (κ1) is 13.1. The molecule has 0 aliphatic heterocycles. The lowest BCUT2D eigenvalue weighted by atomic mass is 10.2. The monoisotopic (exact) mass is 258 g/mol. The molecule has 6 nitrogen and oxygen atoms in total. The average molecular weight is 258 g/mol. The lowest BCUT2D eigenvalue weighted by Crippen LogP contribution is -2.28. The number of ether oxygens (including phenoxy) is 1. The standard InChI is InChI=1S/C13H14N4O2/c1-13(2,18)7-19-12-10-9(4-3-5-14)6-15-11(10)16-8-17-12/h3-4,6,8,18H,7H2,1-2H3,(H,15,16,17). The van der Waals surface area contributed by atoms with E-state index in [-0.39, 0.29) is 6.61 Å². The molecule has 0 aliphatic rings. The van der Waals surface area contributed by atoms with Crippen LogP contribution in [-0.2, 0) is 0 Å². The van der Waals surface area contributed by atoms with Crippen LogP contribution in [0.3, 0.4) is 0 Å². The van der Waals surface area contributed by atoms with Gasteiger partial charge in [0, 0.05) is 17.8 Å². The number of nitriles is 1. The van der Waals surface area contributed by atoms with Gasteiger partial charge in [0.15, 0.2) is 0 Å². The van der Waals surface area contributed by atoms with Crippen LogP contribution in [0.5, 0.6) is 5.88 Å². The Balaban J connectivity index is 2.40. The van der Waals surface area contributed by atoms with Crippen molar-refractivity contribution in [1.29, 1.82) is 5.26 Å². The first-order chi connectivity index (χ1) is 9.01. The van der Waals surface area contributed by atoms with Crippen molar-refractivity contribution in [2.45, 2.75) is 19.4 Å². The van der Waals surface area contributed by atoms with Gasteiger partial charge in [-0.05, 0) is 19.9 Å². The van der Waals surface area contributed by atoms with Crippen molar-refractivity contribution in [1.82, 2.24) is 15.0 Å². The van der Waals surface area contributed by atoms with Gasteiger partial charge in [-0.3, -0.25) is 0 Å². The Morgan fingerprint density at radius 3 is 3.00 bits per heavy atom. The SMILES string of the molecule is CC(C)(O)COc1ncnc2[nH]cc(C=CC#N)c12. The molecule has 6 heteroatoms. The first-order valence-corrected chi connectivity index (χ1v) is 5.75. The fourth-order valence-corrected chi connectivity index (χ4v) is 1.57. The number of nitrogens with one attached hydrogen (secondary N) is 1. The number of hydrogen-bond donors (Lipinski definition) is 2. The summed E-state index contributed by atoms with van der Waals surface area (Å²) in [6.45, 7) is 3.42. The van der Waals surface area contributed by atoms with Gasteiger partial charge < -0.3 is 14.8 Å². The van der Waals surface area contributed by atoms with Gasteiger partial charge in [-0.2, -0.15) is 5.26 Å². The summed E-state index contributed by atoms with van der Waals surface area (Å²) >= 11 is 0. The summed E-state index contributed by atoms with van der Waals surface area (Å²) in [5.74, 6) is 0.381. The molecule has 0 saturated heterocycles. The molecule has 0 radical (unpaired) electrons. The van der Waals surface area contributed by atoms with Gasteiger partial charge in [0.05, 0.1) is 17.1 Å². The molecule has 0 spiro atoms. The third kappa shape index (κ3) is 3.09. The predicted octanol–water partition coefficient (Wildman–Crippen LogP) is 1.64. The van der Waals surface area contributed by atoms with E-state index in [4.69, 9.17) is 10.00 Å². The van der Waals surface area contributed by atoms with E-state index in [1.54, 1.807) is 26.1 Å². The Labute approximate surface area is 110 Å². The summed E-state index contributed by atoms with van der Waals surface area (Å²) < 4.78 is 5.52. The van der Waals surface area contributed by atoms with Gasteiger partial charge >= 0.3 is 0 Å². The molecule has 0 aliphatic carbocycles. The summed E-state index contributed by atoms with van der Waals surface area (Å²) in [4.78, 5) is 11.1. The normalized spacial score (nSPS) is 11.9. The lowest BCUT2D eigenvalue weighted by Gasteiger charge is -2.17. The zero-order valence-corrected chi connectivity index (χ0v) is 10.7. The molecule has 0 bridgehead atoms. The van der Waals surface area contributed by atoms with E-state index in [2.05, 4.69) is 15.0 Å². The molecular formula is C13H14N4O2. The van der Waals surface area contributed by atoms with Gasteiger partial charge in [0.25, 0.3) is 0 Å². The highest BCUT2D eigenvalue weighted by molar-refractivity contribution is 5.90. The largest absolute Gasteiger partial charge is 0.474 e. The van der Waals surface area contributed by atoms with Crippen molar-refractivity contribution >= 4 is 17.1 Å². The Kier molecular flexibility index (Phi) is 3.49. The molecule has 98 valence electrons. The van der Waals surface area contributed by atoms with Crippen LogP contribution >= 0.6 is 0 Å². The summed E-state index contributed by atoms with van der Waals surface area (Å²) in [7, 11) is 0. The van der Waals surface area contributed by atoms with Crippen LogP contribution in [0, 0.1) is 11.3 Å². The number of rotatable bonds is 4. The van der Waals surface area contributed by atoms with Gasteiger partial charge in [0.2, 0.25) is 5.88 Å². The van der Waals surface area contributed by atoms with Crippen molar-refractivity contribution in [2.24, 2.45) is 0 Å². The summed E-state index contributed by atoms with van der Waals surface area (Å²) in [6, 6.07) is 1.93. The van der Waals surface area contributed by atoms with Crippen LogP contribution in [0.4, 0.5) is 0 Å². The minimum Gasteiger partial charge on any atom is -0.474 e. The van der Waals surface area contributed by atoms with Crippen LogP contribution in [0.15, 0.2) is 18.6 Å². The Hall–Kier alpha value is -2.39. The molecule has 19 heavy (non-hydrogen) atoms. The van der Waals surface area contributed by atoms with Crippen LogP contribution in [-0.4, -0.2) is 32.3 Å². The number of H-pyrrole nitrogens is 1. The van der Waals surface area contributed by atoms with E-state index in [1.807, 2.05) is 6.07 Å². The van der Waals surface area contributed by atoms with Crippen LogP contribution in [0.2, 0.25) is 0 Å². The van der Waals surface area contributed by atoms with Crippen LogP contribution < -0.4 is 4.74 Å². The van der Waals surface area contributed by atoms with E-state index in [9.17, 15) is 5.11 Å². The van der Waals surface area contributed by atoms with Gasteiger partial charge in [-0.15, -0.1) is 0 Å². The highest BCUT2D eigenvalue weighted by Crippen LogP contribution is 2.26. The second-order valence-electron chi connectivity index (χ2n) is 4.71. The molecule has 0 atom stereocenters. The minimum atomic E-state index is -0.948. The second-order valence-corrected chi connectivity index (χ2v) is 4.71. The van der Waals surface area contributed by atoms with E-state index >= 15 is 0 Å². The number of hydrogen-bond acceptors (Lipinski definition) is 5. The van der Waals surface area contributed by atoms with Crippen molar-refractivity contribution in [3.63, 3.8) is 0 Å². The fraction of sp³-hybridized carbons (Fsp3) is 0.308. The smallest absolute Gasteiger partial charge is 0.226 e. The fourth-order valence-electron chi connectivity index (χ4n) is 1.57. The molecule has 2 aromatic heterocycles. The second kappa shape index (κ2) is 5.08. The number of aromatic nitrogens is 3. The molecular weight excluding hydrogens is 244 g/mol. The maximum atomic E-state index is 9.68. The quantitative estimate of drug-likeness (QED) is 0.813. The summed E-state index contributed by atoms with van der Waals surface area (Å²) in [6.07, 6.45) is 6.13. The maximum Gasteiger partial charge on any atom is 0.226 e. The number of aromatic amines is 1. The zero-order valence-electron chi connectivity index (χ0n) is 10.7.